The molecular formula is C23H26IN3. The van der Waals surface area contributed by atoms with Gasteiger partial charge in [0.15, 0.2) is 0 Å². The second kappa shape index (κ2) is 9.33. The van der Waals surface area contributed by atoms with Crippen molar-refractivity contribution in [2.24, 2.45) is 7.05 Å². The summed E-state index contributed by atoms with van der Waals surface area (Å²) in [6.45, 7) is 4.22. The first-order valence-corrected chi connectivity index (χ1v) is 9.36. The van der Waals surface area contributed by atoms with Crippen molar-refractivity contribution in [3.8, 4) is 0 Å². The Kier molecular flexibility index (Phi) is 6.85. The number of hydrogen-bond acceptors (Lipinski definition) is 2. The Balaban J connectivity index is 0.00000210. The number of nitrogens with zero attached hydrogens (tertiary/aromatic N) is 3. The van der Waals surface area contributed by atoms with E-state index in [0.717, 1.165) is 26.2 Å². The Morgan fingerprint density at radius 1 is 0.704 bits per heavy atom. The molecule has 1 saturated heterocycles. The van der Waals surface area contributed by atoms with Gasteiger partial charge in [0.05, 0.1) is 32.4 Å². The first-order valence-electron chi connectivity index (χ1n) is 9.36. The van der Waals surface area contributed by atoms with Crippen molar-refractivity contribution in [3.05, 3.63) is 96.2 Å². The normalized spacial score (nSPS) is 14.8. The van der Waals surface area contributed by atoms with Crippen LogP contribution in [-0.4, -0.2) is 31.1 Å². The summed E-state index contributed by atoms with van der Waals surface area (Å²) in [7, 11) is 2.12. The molecule has 1 aliphatic rings. The molecule has 0 atom stereocenters. The van der Waals surface area contributed by atoms with E-state index < -0.39 is 0 Å². The van der Waals surface area contributed by atoms with E-state index in [2.05, 4.69) is 106 Å². The number of benzene rings is 2. The molecule has 140 valence electrons. The smallest absolute Gasteiger partial charge is 0.276 e. The lowest BCUT2D eigenvalue weighted by atomic mass is 9.96. The van der Waals surface area contributed by atoms with Crippen LogP contribution in [0.4, 0.5) is 5.82 Å². The van der Waals surface area contributed by atoms with Crippen LogP contribution in [0.1, 0.15) is 17.2 Å². The fourth-order valence-corrected chi connectivity index (χ4v) is 3.94. The average Bonchev–Trinajstić information content (AvgIpc) is 2.71. The van der Waals surface area contributed by atoms with Crippen molar-refractivity contribution in [2.45, 2.75) is 6.04 Å². The molecule has 4 heteroatoms. The molecule has 0 bridgehead atoms. The lowest BCUT2D eigenvalue weighted by molar-refractivity contribution is -0.659. The minimum atomic E-state index is 0. The van der Waals surface area contributed by atoms with Crippen LogP contribution in [0.25, 0.3) is 0 Å². The van der Waals surface area contributed by atoms with Gasteiger partial charge in [0.25, 0.3) is 5.82 Å². The zero-order chi connectivity index (χ0) is 17.8. The molecule has 0 saturated carbocycles. The number of anilines is 1. The van der Waals surface area contributed by atoms with Gasteiger partial charge in [0.1, 0.15) is 0 Å². The summed E-state index contributed by atoms with van der Waals surface area (Å²) in [5.41, 5.74) is 2.75. The first kappa shape index (κ1) is 19.8. The van der Waals surface area contributed by atoms with Gasteiger partial charge in [-0.25, -0.2) is 4.57 Å². The van der Waals surface area contributed by atoms with Gasteiger partial charge in [-0.1, -0.05) is 66.7 Å². The van der Waals surface area contributed by atoms with E-state index in [-0.39, 0.29) is 24.0 Å². The van der Waals surface area contributed by atoms with Gasteiger partial charge in [-0.05, 0) is 17.2 Å². The summed E-state index contributed by atoms with van der Waals surface area (Å²) in [5.74, 6) is 1.29. The number of halogens is 1. The van der Waals surface area contributed by atoms with Crippen LogP contribution in [-0.2, 0) is 7.05 Å². The number of piperazine rings is 1. The zero-order valence-electron chi connectivity index (χ0n) is 15.7. The SMILES string of the molecule is C[n+]1ccccc1N1CCN(C(c2ccccc2)c2ccccc2)CC1.[I-]. The number of aromatic nitrogens is 1. The maximum atomic E-state index is 2.62. The molecule has 0 unspecified atom stereocenters. The Hall–Kier alpha value is -1.92. The van der Waals surface area contributed by atoms with Gasteiger partial charge < -0.3 is 24.0 Å². The van der Waals surface area contributed by atoms with E-state index in [1.165, 1.54) is 16.9 Å². The number of aryl methyl sites for hydroxylation is 1. The molecule has 4 rings (SSSR count). The summed E-state index contributed by atoms with van der Waals surface area (Å²) in [6.07, 6.45) is 2.12. The largest absolute Gasteiger partial charge is 1.00 e. The summed E-state index contributed by atoms with van der Waals surface area (Å²) in [6, 6.07) is 28.5. The minimum Gasteiger partial charge on any atom is -1.00 e. The van der Waals surface area contributed by atoms with E-state index in [0.29, 0.717) is 6.04 Å². The highest BCUT2D eigenvalue weighted by Gasteiger charge is 2.30. The van der Waals surface area contributed by atoms with Gasteiger partial charge in [-0.15, -0.1) is 0 Å². The Bertz CT molecular complexity index is 791. The third kappa shape index (κ3) is 4.50. The third-order valence-electron chi connectivity index (χ3n) is 5.26. The highest BCUT2D eigenvalue weighted by Crippen LogP contribution is 2.29. The molecule has 0 N–H and O–H groups in total. The molecule has 0 aliphatic carbocycles. The summed E-state index contributed by atoms with van der Waals surface area (Å²) >= 11 is 0. The molecule has 0 amide bonds. The second-order valence-electron chi connectivity index (χ2n) is 6.92. The standard InChI is InChI=1S/C23H26N3.HI/c1-24-15-9-8-14-22(24)25-16-18-26(19-17-25)23(20-10-4-2-5-11-20)21-12-6-3-7-13-21;/h2-15,23H,16-19H2,1H3;1H/q+1;/p-1. The maximum Gasteiger partial charge on any atom is 0.276 e. The Morgan fingerprint density at radius 2 is 1.22 bits per heavy atom. The van der Waals surface area contributed by atoms with Crippen LogP contribution in [0.2, 0.25) is 0 Å². The van der Waals surface area contributed by atoms with Crippen molar-refractivity contribution in [3.63, 3.8) is 0 Å². The van der Waals surface area contributed by atoms with Crippen molar-refractivity contribution < 1.29 is 28.5 Å². The second-order valence-corrected chi connectivity index (χ2v) is 6.92. The van der Waals surface area contributed by atoms with Crippen LogP contribution in [0.15, 0.2) is 85.1 Å². The molecule has 3 nitrogen and oxygen atoms in total. The van der Waals surface area contributed by atoms with Crippen LogP contribution in [0, 0.1) is 0 Å². The van der Waals surface area contributed by atoms with Crippen LogP contribution < -0.4 is 33.4 Å². The monoisotopic (exact) mass is 471 g/mol. The van der Waals surface area contributed by atoms with E-state index in [9.17, 15) is 0 Å². The minimum absolute atomic E-state index is 0. The summed E-state index contributed by atoms with van der Waals surface area (Å²) < 4.78 is 2.21. The number of pyridine rings is 1. The lowest BCUT2D eigenvalue weighted by Crippen LogP contribution is -3.00. The van der Waals surface area contributed by atoms with E-state index in [1.54, 1.807) is 0 Å². The molecule has 1 aliphatic heterocycles. The van der Waals surface area contributed by atoms with Crippen molar-refractivity contribution in [1.82, 2.24) is 4.90 Å². The number of rotatable bonds is 4. The van der Waals surface area contributed by atoms with Gasteiger partial charge in [0.2, 0.25) is 0 Å². The molecule has 1 fully saturated rings. The maximum absolute atomic E-state index is 2.62. The predicted molar refractivity (Wildman–Crippen MR) is 106 cm³/mol. The molecule has 1 aromatic heterocycles. The topological polar surface area (TPSA) is 10.4 Å². The molecule has 0 radical (unpaired) electrons. The number of hydrogen-bond donors (Lipinski definition) is 0. The van der Waals surface area contributed by atoms with Crippen LogP contribution >= 0.6 is 0 Å². The Labute approximate surface area is 179 Å². The summed E-state index contributed by atoms with van der Waals surface area (Å²) in [4.78, 5) is 5.10. The van der Waals surface area contributed by atoms with E-state index in [4.69, 9.17) is 0 Å². The van der Waals surface area contributed by atoms with E-state index >= 15 is 0 Å². The molecule has 2 heterocycles. The van der Waals surface area contributed by atoms with Crippen molar-refractivity contribution in [1.29, 1.82) is 0 Å². The van der Waals surface area contributed by atoms with Crippen molar-refractivity contribution >= 4 is 5.82 Å². The molecule has 0 spiro atoms. The highest BCUT2D eigenvalue weighted by atomic mass is 127. The quantitative estimate of drug-likeness (QED) is 0.404. The van der Waals surface area contributed by atoms with Crippen molar-refractivity contribution in [2.75, 3.05) is 31.1 Å². The molecular weight excluding hydrogens is 445 g/mol. The lowest BCUT2D eigenvalue weighted by Gasteiger charge is -2.37. The van der Waals surface area contributed by atoms with Gasteiger partial charge in [0, 0.05) is 19.2 Å². The van der Waals surface area contributed by atoms with Crippen LogP contribution in [0.3, 0.4) is 0 Å². The van der Waals surface area contributed by atoms with Gasteiger partial charge in [-0.3, -0.25) is 9.80 Å². The molecule has 27 heavy (non-hydrogen) atoms. The summed E-state index contributed by atoms with van der Waals surface area (Å²) in [5, 5.41) is 0. The zero-order valence-corrected chi connectivity index (χ0v) is 17.9. The highest BCUT2D eigenvalue weighted by molar-refractivity contribution is 5.35. The average molecular weight is 471 g/mol. The fraction of sp³-hybridized carbons (Fsp3) is 0.261. The molecule has 2 aromatic carbocycles. The van der Waals surface area contributed by atoms with Crippen LogP contribution in [0.5, 0.6) is 0 Å². The third-order valence-corrected chi connectivity index (χ3v) is 5.26. The predicted octanol–water partition coefficient (Wildman–Crippen LogP) is 0.427. The Morgan fingerprint density at radius 3 is 1.74 bits per heavy atom. The molecule has 3 aromatic rings. The van der Waals surface area contributed by atoms with Gasteiger partial charge >= 0.3 is 0 Å². The fourth-order valence-electron chi connectivity index (χ4n) is 3.94. The van der Waals surface area contributed by atoms with E-state index in [1.807, 2.05) is 0 Å². The van der Waals surface area contributed by atoms with Gasteiger partial charge in [-0.2, -0.15) is 0 Å². The first-order chi connectivity index (χ1) is 12.8.